The number of nitrogens with zero attached hydrogens (tertiary/aromatic N) is 1. The van der Waals surface area contributed by atoms with E-state index in [2.05, 4.69) is 11.4 Å². The highest BCUT2D eigenvalue weighted by Crippen LogP contribution is 2.24. The Kier molecular flexibility index (Phi) is 5.69. The van der Waals surface area contributed by atoms with Crippen LogP contribution in [0.2, 0.25) is 0 Å². The smallest absolute Gasteiger partial charge is 0.121 e. The Labute approximate surface area is 120 Å². The number of nitrogens with one attached hydrogen (secondary N) is 1. The third-order valence-electron chi connectivity index (χ3n) is 3.60. The third-order valence-corrected chi connectivity index (χ3v) is 3.60. The fourth-order valence-electron chi connectivity index (χ4n) is 2.47. The molecule has 1 aromatic rings. The molecule has 2 N–H and O–H groups in total. The van der Waals surface area contributed by atoms with E-state index in [0.717, 1.165) is 43.5 Å². The Morgan fingerprint density at radius 2 is 2.10 bits per heavy atom. The van der Waals surface area contributed by atoms with Crippen LogP contribution in [0.4, 0.5) is 5.69 Å². The van der Waals surface area contributed by atoms with Gasteiger partial charge in [-0.1, -0.05) is 6.07 Å². The first-order valence-corrected chi connectivity index (χ1v) is 7.32. The van der Waals surface area contributed by atoms with Crippen molar-refractivity contribution in [2.75, 3.05) is 11.9 Å². The molecule has 1 aliphatic carbocycles. The van der Waals surface area contributed by atoms with E-state index in [0.29, 0.717) is 19.1 Å². The second-order valence-electron chi connectivity index (χ2n) is 5.29. The van der Waals surface area contributed by atoms with Gasteiger partial charge in [-0.05, 0) is 44.2 Å². The molecule has 2 rings (SSSR count). The van der Waals surface area contributed by atoms with Crippen LogP contribution in [0.5, 0.6) is 5.75 Å². The maximum atomic E-state index is 9.51. The zero-order valence-electron chi connectivity index (χ0n) is 11.7. The number of hydrogen-bond donors (Lipinski definition) is 2. The van der Waals surface area contributed by atoms with Gasteiger partial charge in [-0.15, -0.1) is 0 Å². The van der Waals surface area contributed by atoms with Crippen molar-refractivity contribution in [3.05, 3.63) is 24.3 Å². The van der Waals surface area contributed by atoms with Crippen molar-refractivity contribution in [3.8, 4) is 11.8 Å². The van der Waals surface area contributed by atoms with E-state index in [-0.39, 0.29) is 6.10 Å². The van der Waals surface area contributed by atoms with Gasteiger partial charge in [-0.25, -0.2) is 0 Å². The number of nitriles is 1. The van der Waals surface area contributed by atoms with Crippen LogP contribution in [0.25, 0.3) is 0 Å². The van der Waals surface area contributed by atoms with Crippen molar-refractivity contribution in [3.63, 3.8) is 0 Å². The predicted octanol–water partition coefficient (Wildman–Crippen LogP) is 3.08. The molecule has 1 saturated carbocycles. The van der Waals surface area contributed by atoms with Crippen molar-refractivity contribution in [1.29, 1.82) is 5.26 Å². The summed E-state index contributed by atoms with van der Waals surface area (Å²) in [5.41, 5.74) is 1.06. The van der Waals surface area contributed by atoms with E-state index in [1.807, 2.05) is 24.3 Å². The van der Waals surface area contributed by atoms with Crippen LogP contribution in [-0.4, -0.2) is 23.9 Å². The number of aliphatic hydroxyl groups is 1. The van der Waals surface area contributed by atoms with Gasteiger partial charge in [0.15, 0.2) is 0 Å². The summed E-state index contributed by atoms with van der Waals surface area (Å²) >= 11 is 0. The first-order chi connectivity index (χ1) is 9.78. The molecule has 0 unspecified atom stereocenters. The summed E-state index contributed by atoms with van der Waals surface area (Å²) in [4.78, 5) is 0. The van der Waals surface area contributed by atoms with Gasteiger partial charge in [0.2, 0.25) is 0 Å². The van der Waals surface area contributed by atoms with E-state index in [9.17, 15) is 5.11 Å². The lowest BCUT2D eigenvalue weighted by molar-refractivity contribution is 0.126. The van der Waals surface area contributed by atoms with Crippen molar-refractivity contribution in [2.24, 2.45) is 0 Å². The van der Waals surface area contributed by atoms with Crippen LogP contribution >= 0.6 is 0 Å². The van der Waals surface area contributed by atoms with Crippen LogP contribution in [-0.2, 0) is 0 Å². The van der Waals surface area contributed by atoms with E-state index < -0.39 is 0 Å². The monoisotopic (exact) mass is 274 g/mol. The van der Waals surface area contributed by atoms with Gasteiger partial charge >= 0.3 is 0 Å². The Hall–Kier alpha value is -1.73. The summed E-state index contributed by atoms with van der Waals surface area (Å²) in [5, 5.41) is 21.5. The van der Waals surface area contributed by atoms with Gasteiger partial charge < -0.3 is 15.2 Å². The predicted molar refractivity (Wildman–Crippen MR) is 78.7 cm³/mol. The lowest BCUT2D eigenvalue weighted by Gasteiger charge is -2.27. The van der Waals surface area contributed by atoms with Crippen LogP contribution in [0.15, 0.2) is 24.3 Å². The third kappa shape index (κ3) is 4.75. The summed E-state index contributed by atoms with van der Waals surface area (Å²) < 4.78 is 5.62. The maximum absolute atomic E-state index is 9.51. The molecule has 20 heavy (non-hydrogen) atoms. The van der Waals surface area contributed by atoms with Crippen LogP contribution < -0.4 is 10.1 Å². The van der Waals surface area contributed by atoms with E-state index in [1.54, 1.807) is 0 Å². The average Bonchev–Trinajstić information content (AvgIpc) is 2.47. The first kappa shape index (κ1) is 14.7. The van der Waals surface area contributed by atoms with Crippen molar-refractivity contribution < 1.29 is 9.84 Å². The molecular weight excluding hydrogens is 252 g/mol. The van der Waals surface area contributed by atoms with E-state index in [4.69, 9.17) is 10.00 Å². The second-order valence-corrected chi connectivity index (χ2v) is 5.29. The molecule has 0 atom stereocenters. The molecule has 1 aromatic carbocycles. The quantitative estimate of drug-likeness (QED) is 0.782. The normalized spacial score (nSPS) is 22.0. The largest absolute Gasteiger partial charge is 0.493 e. The minimum absolute atomic E-state index is 0.122. The number of aliphatic hydroxyl groups excluding tert-OH is 1. The molecule has 4 heteroatoms. The van der Waals surface area contributed by atoms with Crippen LogP contribution in [0.3, 0.4) is 0 Å². The summed E-state index contributed by atoms with van der Waals surface area (Å²) in [6.07, 6.45) is 4.94. The Morgan fingerprint density at radius 3 is 2.85 bits per heavy atom. The highest BCUT2D eigenvalue weighted by Gasteiger charge is 2.18. The van der Waals surface area contributed by atoms with E-state index in [1.165, 1.54) is 0 Å². The fraction of sp³-hybridized carbons (Fsp3) is 0.562. The zero-order chi connectivity index (χ0) is 14.2. The number of unbranched alkanes of at least 4 members (excludes halogenated alkanes) is 1. The molecule has 1 aliphatic rings. The topological polar surface area (TPSA) is 65.3 Å². The number of benzene rings is 1. The van der Waals surface area contributed by atoms with Crippen LogP contribution in [0, 0.1) is 11.3 Å². The molecule has 0 radical (unpaired) electrons. The highest BCUT2D eigenvalue weighted by atomic mass is 16.5. The highest BCUT2D eigenvalue weighted by molar-refractivity contribution is 5.48. The van der Waals surface area contributed by atoms with Gasteiger partial charge in [0.05, 0.1) is 18.8 Å². The molecule has 0 spiro atoms. The van der Waals surface area contributed by atoms with E-state index >= 15 is 0 Å². The Bertz CT molecular complexity index is 448. The van der Waals surface area contributed by atoms with Crippen molar-refractivity contribution in [1.82, 2.24) is 0 Å². The van der Waals surface area contributed by atoms with Gasteiger partial charge in [-0.3, -0.25) is 0 Å². The number of ether oxygens (including phenoxy) is 1. The molecule has 0 heterocycles. The summed E-state index contributed by atoms with van der Waals surface area (Å²) in [6.45, 7) is 0.576. The molecule has 0 aromatic heterocycles. The minimum atomic E-state index is -0.122. The lowest BCUT2D eigenvalue weighted by atomic mass is 9.93. The number of rotatable bonds is 6. The van der Waals surface area contributed by atoms with Gasteiger partial charge in [0.1, 0.15) is 5.75 Å². The maximum Gasteiger partial charge on any atom is 0.121 e. The van der Waals surface area contributed by atoms with Gasteiger partial charge in [-0.2, -0.15) is 5.26 Å². The minimum Gasteiger partial charge on any atom is -0.493 e. The Morgan fingerprint density at radius 1 is 1.30 bits per heavy atom. The standard InChI is InChI=1S/C16H22N2O2/c17-10-1-2-11-20-16-5-3-4-14(12-16)18-13-6-8-15(19)9-7-13/h3-5,12-13,15,18-19H,1-2,6-9,11H2. The van der Waals surface area contributed by atoms with Crippen molar-refractivity contribution in [2.45, 2.75) is 50.7 Å². The van der Waals surface area contributed by atoms with Crippen LogP contribution in [0.1, 0.15) is 38.5 Å². The molecule has 108 valence electrons. The summed E-state index contributed by atoms with van der Waals surface area (Å²) in [5.74, 6) is 0.837. The molecule has 0 aliphatic heterocycles. The molecular formula is C16H22N2O2. The molecule has 0 saturated heterocycles. The van der Waals surface area contributed by atoms with Gasteiger partial charge in [0.25, 0.3) is 0 Å². The number of hydrogen-bond acceptors (Lipinski definition) is 4. The summed E-state index contributed by atoms with van der Waals surface area (Å²) in [7, 11) is 0. The van der Waals surface area contributed by atoms with Crippen molar-refractivity contribution >= 4 is 5.69 Å². The molecule has 0 bridgehead atoms. The fourth-order valence-corrected chi connectivity index (χ4v) is 2.47. The second kappa shape index (κ2) is 7.76. The lowest BCUT2D eigenvalue weighted by Crippen LogP contribution is -2.28. The summed E-state index contributed by atoms with van der Waals surface area (Å²) in [6, 6.07) is 10.5. The first-order valence-electron chi connectivity index (χ1n) is 7.32. The molecule has 1 fully saturated rings. The molecule has 0 amide bonds. The zero-order valence-corrected chi connectivity index (χ0v) is 11.7. The molecule has 4 nitrogen and oxygen atoms in total. The SMILES string of the molecule is N#CCCCOc1cccc(NC2CCC(O)CC2)c1. The number of anilines is 1. The average molecular weight is 274 g/mol. The Balaban J connectivity index is 1.81. The van der Waals surface area contributed by atoms with Gasteiger partial charge in [0, 0.05) is 24.2 Å².